The number of hydrogen-bond donors (Lipinski definition) is 3. The van der Waals surface area contributed by atoms with Gasteiger partial charge in [0.2, 0.25) is 10.0 Å². The van der Waals surface area contributed by atoms with Gasteiger partial charge in [-0.25, -0.2) is 13.6 Å². The average Bonchev–Trinajstić information content (AvgIpc) is 2.27. The minimum atomic E-state index is -3.56. The average molecular weight is 285 g/mol. The summed E-state index contributed by atoms with van der Waals surface area (Å²) in [6.45, 7) is 4.56. The van der Waals surface area contributed by atoms with Crippen LogP contribution in [0, 0.1) is 6.92 Å². The molecule has 19 heavy (non-hydrogen) atoms. The quantitative estimate of drug-likeness (QED) is 0.706. The molecule has 1 aromatic rings. The van der Waals surface area contributed by atoms with Crippen LogP contribution >= 0.6 is 0 Å². The molecule has 0 aliphatic carbocycles. The first-order chi connectivity index (χ1) is 8.83. The van der Waals surface area contributed by atoms with Crippen molar-refractivity contribution in [2.45, 2.75) is 13.8 Å². The van der Waals surface area contributed by atoms with Gasteiger partial charge in [0, 0.05) is 18.8 Å². The zero-order valence-electron chi connectivity index (χ0n) is 11.1. The van der Waals surface area contributed by atoms with Crippen molar-refractivity contribution >= 4 is 21.6 Å². The van der Waals surface area contributed by atoms with Crippen molar-refractivity contribution in [3.63, 3.8) is 0 Å². The smallest absolute Gasteiger partial charge is 0.253 e. The predicted octanol–water partition coefficient (Wildman–Crippen LogP) is 0.445. The van der Waals surface area contributed by atoms with E-state index in [2.05, 4.69) is 10.6 Å². The van der Waals surface area contributed by atoms with E-state index in [1.54, 1.807) is 6.07 Å². The summed E-state index contributed by atoms with van der Waals surface area (Å²) in [5, 5.41) is 10.5. The van der Waals surface area contributed by atoms with Gasteiger partial charge in [-0.2, -0.15) is 0 Å². The van der Waals surface area contributed by atoms with E-state index in [-0.39, 0.29) is 18.2 Å². The van der Waals surface area contributed by atoms with Gasteiger partial charge in [-0.1, -0.05) is 6.07 Å². The van der Waals surface area contributed by atoms with Gasteiger partial charge in [0.15, 0.2) is 0 Å². The molecule has 0 saturated carbocycles. The molecule has 1 aromatic carbocycles. The number of amides is 1. The second kappa shape index (κ2) is 6.53. The SMILES string of the molecule is CCNc1cc(C)ccc1C(=O)NCCS(N)(=O)=O. The van der Waals surface area contributed by atoms with Gasteiger partial charge in [-0.15, -0.1) is 0 Å². The summed E-state index contributed by atoms with van der Waals surface area (Å²) in [5.41, 5.74) is 2.26. The molecule has 1 rings (SSSR count). The number of sulfonamides is 1. The summed E-state index contributed by atoms with van der Waals surface area (Å²) in [4.78, 5) is 12.0. The lowest BCUT2D eigenvalue weighted by atomic mass is 10.1. The molecule has 0 aliphatic heterocycles. The van der Waals surface area contributed by atoms with Crippen molar-refractivity contribution in [1.82, 2.24) is 5.32 Å². The van der Waals surface area contributed by atoms with Crippen LogP contribution in [0.25, 0.3) is 0 Å². The molecular weight excluding hydrogens is 266 g/mol. The summed E-state index contributed by atoms with van der Waals surface area (Å²) in [6.07, 6.45) is 0. The van der Waals surface area contributed by atoms with Crippen LogP contribution in [0.4, 0.5) is 5.69 Å². The highest BCUT2D eigenvalue weighted by Crippen LogP contribution is 2.17. The largest absolute Gasteiger partial charge is 0.385 e. The van der Waals surface area contributed by atoms with E-state index in [0.717, 1.165) is 11.3 Å². The monoisotopic (exact) mass is 285 g/mol. The fraction of sp³-hybridized carbons (Fsp3) is 0.417. The van der Waals surface area contributed by atoms with Gasteiger partial charge in [-0.3, -0.25) is 4.79 Å². The lowest BCUT2D eigenvalue weighted by Gasteiger charge is -2.11. The van der Waals surface area contributed by atoms with Gasteiger partial charge in [-0.05, 0) is 31.5 Å². The molecule has 0 fully saturated rings. The molecule has 0 atom stereocenters. The van der Waals surface area contributed by atoms with Crippen molar-refractivity contribution in [2.75, 3.05) is 24.2 Å². The number of carbonyl (C=O) groups excluding carboxylic acids is 1. The third-order valence-electron chi connectivity index (χ3n) is 2.46. The maximum absolute atomic E-state index is 12.0. The normalized spacial score (nSPS) is 11.1. The molecule has 0 unspecified atom stereocenters. The summed E-state index contributed by atoms with van der Waals surface area (Å²) in [5.74, 6) is -0.596. The van der Waals surface area contributed by atoms with E-state index in [4.69, 9.17) is 5.14 Å². The Morgan fingerprint density at radius 1 is 1.37 bits per heavy atom. The third-order valence-corrected chi connectivity index (χ3v) is 3.23. The van der Waals surface area contributed by atoms with E-state index in [1.807, 2.05) is 26.0 Å². The maximum Gasteiger partial charge on any atom is 0.253 e. The number of carbonyl (C=O) groups is 1. The first-order valence-corrected chi connectivity index (χ1v) is 7.68. The third kappa shape index (κ3) is 5.27. The number of nitrogens with two attached hydrogens (primary N) is 1. The maximum atomic E-state index is 12.0. The molecule has 0 saturated heterocycles. The summed E-state index contributed by atoms with van der Waals surface area (Å²) in [7, 11) is -3.56. The van der Waals surface area contributed by atoms with Gasteiger partial charge < -0.3 is 10.6 Å². The molecule has 0 aliphatic rings. The van der Waals surface area contributed by atoms with Crippen LogP contribution in [-0.2, 0) is 10.0 Å². The van der Waals surface area contributed by atoms with Crippen LogP contribution in [0.5, 0.6) is 0 Å². The van der Waals surface area contributed by atoms with Crippen molar-refractivity contribution in [3.05, 3.63) is 29.3 Å². The lowest BCUT2D eigenvalue weighted by molar-refractivity contribution is 0.0957. The fourth-order valence-electron chi connectivity index (χ4n) is 1.59. The van der Waals surface area contributed by atoms with Crippen LogP contribution in [0.2, 0.25) is 0 Å². The lowest BCUT2D eigenvalue weighted by Crippen LogP contribution is -2.31. The molecule has 6 nitrogen and oxygen atoms in total. The van der Waals surface area contributed by atoms with Crippen molar-refractivity contribution in [1.29, 1.82) is 0 Å². The van der Waals surface area contributed by atoms with Crippen LogP contribution in [0.15, 0.2) is 18.2 Å². The molecule has 1 amide bonds. The second-order valence-electron chi connectivity index (χ2n) is 4.20. The number of primary sulfonamides is 1. The molecule has 0 bridgehead atoms. The Morgan fingerprint density at radius 3 is 2.63 bits per heavy atom. The Morgan fingerprint density at radius 2 is 2.05 bits per heavy atom. The van der Waals surface area contributed by atoms with Gasteiger partial charge >= 0.3 is 0 Å². The number of anilines is 1. The fourth-order valence-corrected chi connectivity index (χ4v) is 1.98. The van der Waals surface area contributed by atoms with E-state index in [0.29, 0.717) is 12.1 Å². The topological polar surface area (TPSA) is 101 Å². The van der Waals surface area contributed by atoms with Crippen LogP contribution in [0.3, 0.4) is 0 Å². The first kappa shape index (κ1) is 15.5. The zero-order valence-corrected chi connectivity index (χ0v) is 11.9. The summed E-state index contributed by atoms with van der Waals surface area (Å²) < 4.78 is 21.6. The number of hydrogen-bond acceptors (Lipinski definition) is 4. The molecule has 4 N–H and O–H groups in total. The van der Waals surface area contributed by atoms with Gasteiger partial charge in [0.25, 0.3) is 5.91 Å². The number of benzene rings is 1. The first-order valence-electron chi connectivity index (χ1n) is 5.96. The van der Waals surface area contributed by atoms with Gasteiger partial charge in [0.05, 0.1) is 11.3 Å². The Hall–Kier alpha value is -1.60. The Bertz CT molecular complexity index is 555. The minimum absolute atomic E-state index is 0.00287. The highest BCUT2D eigenvalue weighted by atomic mass is 32.2. The van der Waals surface area contributed by atoms with Gasteiger partial charge in [0.1, 0.15) is 0 Å². The Labute approximate surface area is 113 Å². The highest BCUT2D eigenvalue weighted by Gasteiger charge is 2.11. The standard InChI is InChI=1S/C12H19N3O3S/c1-3-14-11-8-9(2)4-5-10(11)12(16)15-6-7-19(13,17)18/h4-5,8,14H,3,6-7H2,1-2H3,(H,15,16)(H2,13,17,18). The number of rotatable bonds is 6. The van der Waals surface area contributed by atoms with Crippen molar-refractivity contribution in [2.24, 2.45) is 5.14 Å². The van der Waals surface area contributed by atoms with E-state index in [9.17, 15) is 13.2 Å². The van der Waals surface area contributed by atoms with Crippen LogP contribution < -0.4 is 15.8 Å². The zero-order chi connectivity index (χ0) is 14.5. The molecule has 106 valence electrons. The van der Waals surface area contributed by atoms with E-state index < -0.39 is 10.0 Å². The molecular formula is C12H19N3O3S. The van der Waals surface area contributed by atoms with Crippen molar-refractivity contribution < 1.29 is 13.2 Å². The molecule has 0 spiro atoms. The van der Waals surface area contributed by atoms with Crippen molar-refractivity contribution in [3.8, 4) is 0 Å². The summed E-state index contributed by atoms with van der Waals surface area (Å²) >= 11 is 0. The predicted molar refractivity (Wildman–Crippen MR) is 75.7 cm³/mol. The van der Waals surface area contributed by atoms with E-state index >= 15 is 0 Å². The van der Waals surface area contributed by atoms with Crippen LogP contribution in [-0.4, -0.2) is 33.2 Å². The van der Waals surface area contributed by atoms with E-state index in [1.165, 1.54) is 0 Å². The van der Waals surface area contributed by atoms with Crippen LogP contribution in [0.1, 0.15) is 22.8 Å². The second-order valence-corrected chi connectivity index (χ2v) is 5.94. The Balaban J connectivity index is 2.76. The number of aryl methyl sites for hydroxylation is 1. The molecule has 0 radical (unpaired) electrons. The molecule has 7 heteroatoms. The summed E-state index contributed by atoms with van der Waals surface area (Å²) in [6, 6.07) is 5.41. The highest BCUT2D eigenvalue weighted by molar-refractivity contribution is 7.89. The molecule has 0 heterocycles. The Kier molecular flexibility index (Phi) is 5.31. The number of nitrogens with one attached hydrogen (secondary N) is 2. The minimum Gasteiger partial charge on any atom is -0.385 e. The molecule has 0 aromatic heterocycles.